The van der Waals surface area contributed by atoms with Crippen LogP contribution in [-0.4, -0.2) is 27.4 Å². The number of rotatable bonds is 4. The molecule has 9 heteroatoms. The molecule has 1 aromatic heterocycles. The van der Waals surface area contributed by atoms with Crippen LogP contribution in [0.2, 0.25) is 0 Å². The molecule has 1 N–H and O–H groups in total. The van der Waals surface area contributed by atoms with Crippen molar-refractivity contribution in [2.45, 2.75) is 0 Å². The van der Waals surface area contributed by atoms with Crippen LogP contribution in [0.25, 0.3) is 5.69 Å². The number of halogens is 1. The summed E-state index contributed by atoms with van der Waals surface area (Å²) >= 11 is 0. The smallest absolute Gasteiger partial charge is 0.351 e. The van der Waals surface area contributed by atoms with E-state index in [1.54, 1.807) is 24.3 Å². The fourth-order valence-electron chi connectivity index (χ4n) is 2.33. The second-order valence-corrected chi connectivity index (χ2v) is 5.57. The molecule has 0 atom stereocenters. The zero-order valence-corrected chi connectivity index (χ0v) is 14.5. The molecule has 0 unspecified atom stereocenters. The van der Waals surface area contributed by atoms with Gasteiger partial charge in [0.15, 0.2) is 0 Å². The van der Waals surface area contributed by atoms with E-state index in [9.17, 15) is 18.8 Å². The van der Waals surface area contributed by atoms with Crippen molar-refractivity contribution in [2.24, 2.45) is 7.05 Å². The highest BCUT2D eigenvalue weighted by Crippen LogP contribution is 2.15. The first-order valence-electron chi connectivity index (χ1n) is 7.82. The second-order valence-electron chi connectivity index (χ2n) is 5.57. The van der Waals surface area contributed by atoms with E-state index in [1.165, 1.54) is 26.3 Å². The third-order valence-electron chi connectivity index (χ3n) is 3.81. The van der Waals surface area contributed by atoms with Gasteiger partial charge in [0.25, 0.3) is 11.5 Å². The van der Waals surface area contributed by atoms with Gasteiger partial charge in [-0.05, 0) is 48.5 Å². The van der Waals surface area contributed by atoms with Gasteiger partial charge in [-0.15, -0.1) is 0 Å². The SMILES string of the molecule is COc1ccc(NC(=O)c2nn(-c3ccc(F)cc3)c(=O)n(C)c2=O)cc1. The zero-order chi connectivity index (χ0) is 19.6. The molecule has 0 fully saturated rings. The van der Waals surface area contributed by atoms with Crippen LogP contribution in [0, 0.1) is 5.82 Å². The molecule has 0 saturated heterocycles. The van der Waals surface area contributed by atoms with E-state index in [1.807, 2.05) is 0 Å². The van der Waals surface area contributed by atoms with Crippen molar-refractivity contribution in [2.75, 3.05) is 12.4 Å². The van der Waals surface area contributed by atoms with Gasteiger partial charge in [0.1, 0.15) is 11.6 Å². The molecule has 1 heterocycles. The van der Waals surface area contributed by atoms with E-state index in [4.69, 9.17) is 4.74 Å². The molecule has 0 bridgehead atoms. The molecule has 0 spiro atoms. The topological polar surface area (TPSA) is 95.2 Å². The summed E-state index contributed by atoms with van der Waals surface area (Å²) in [4.78, 5) is 37.1. The van der Waals surface area contributed by atoms with Gasteiger partial charge >= 0.3 is 5.69 Å². The highest BCUT2D eigenvalue weighted by molar-refractivity contribution is 6.02. The van der Waals surface area contributed by atoms with Crippen LogP contribution >= 0.6 is 0 Å². The molecule has 27 heavy (non-hydrogen) atoms. The van der Waals surface area contributed by atoms with Gasteiger partial charge in [-0.3, -0.25) is 14.2 Å². The summed E-state index contributed by atoms with van der Waals surface area (Å²) in [6, 6.07) is 11.4. The number of nitrogens with zero attached hydrogens (tertiary/aromatic N) is 3. The van der Waals surface area contributed by atoms with Gasteiger partial charge in [-0.25, -0.2) is 9.18 Å². The lowest BCUT2D eigenvalue weighted by atomic mass is 10.3. The minimum atomic E-state index is -0.843. The number of amides is 1. The van der Waals surface area contributed by atoms with Crippen molar-refractivity contribution >= 4 is 11.6 Å². The minimum absolute atomic E-state index is 0.218. The Bertz CT molecular complexity index is 1100. The van der Waals surface area contributed by atoms with Crippen molar-refractivity contribution in [1.29, 1.82) is 0 Å². The summed E-state index contributed by atoms with van der Waals surface area (Å²) in [5.41, 5.74) is -1.44. The Morgan fingerprint density at radius 1 is 1.07 bits per heavy atom. The van der Waals surface area contributed by atoms with Crippen molar-refractivity contribution < 1.29 is 13.9 Å². The number of ether oxygens (including phenoxy) is 1. The van der Waals surface area contributed by atoms with Crippen LogP contribution in [-0.2, 0) is 7.05 Å². The molecular weight excluding hydrogens is 355 g/mol. The van der Waals surface area contributed by atoms with E-state index in [-0.39, 0.29) is 5.69 Å². The summed E-state index contributed by atoms with van der Waals surface area (Å²) < 4.78 is 19.8. The van der Waals surface area contributed by atoms with Gasteiger partial charge in [0, 0.05) is 12.7 Å². The molecule has 8 nitrogen and oxygen atoms in total. The fourth-order valence-corrected chi connectivity index (χ4v) is 2.33. The average Bonchev–Trinajstić information content (AvgIpc) is 2.68. The van der Waals surface area contributed by atoms with Gasteiger partial charge in [-0.2, -0.15) is 9.78 Å². The summed E-state index contributed by atoms with van der Waals surface area (Å²) in [6.45, 7) is 0. The van der Waals surface area contributed by atoms with Gasteiger partial charge < -0.3 is 10.1 Å². The first-order chi connectivity index (χ1) is 12.9. The summed E-state index contributed by atoms with van der Waals surface area (Å²) in [6.07, 6.45) is 0. The molecule has 2 aromatic carbocycles. The Morgan fingerprint density at radius 2 is 1.70 bits per heavy atom. The Kier molecular flexibility index (Phi) is 4.84. The quantitative estimate of drug-likeness (QED) is 0.748. The Hall–Kier alpha value is -3.75. The molecule has 3 aromatic rings. The van der Waals surface area contributed by atoms with Crippen LogP contribution in [0.15, 0.2) is 58.1 Å². The van der Waals surface area contributed by atoms with Crippen LogP contribution in [0.3, 0.4) is 0 Å². The van der Waals surface area contributed by atoms with E-state index in [0.29, 0.717) is 11.4 Å². The number of carbonyl (C=O) groups excluding carboxylic acids is 1. The number of nitrogens with one attached hydrogen (secondary N) is 1. The summed E-state index contributed by atoms with van der Waals surface area (Å²) in [5.74, 6) is -0.669. The van der Waals surface area contributed by atoms with Crippen LogP contribution < -0.4 is 21.3 Å². The van der Waals surface area contributed by atoms with Gasteiger partial charge in [0.05, 0.1) is 12.8 Å². The fraction of sp³-hybridized carbons (Fsp3) is 0.111. The van der Waals surface area contributed by atoms with Crippen molar-refractivity contribution in [1.82, 2.24) is 14.3 Å². The molecule has 0 aliphatic heterocycles. The summed E-state index contributed by atoms with van der Waals surface area (Å²) in [5, 5.41) is 6.41. The molecule has 0 radical (unpaired) electrons. The lowest BCUT2D eigenvalue weighted by molar-refractivity contribution is 0.101. The number of anilines is 1. The van der Waals surface area contributed by atoms with Gasteiger partial charge in [0.2, 0.25) is 5.69 Å². The Labute approximate surface area is 152 Å². The molecule has 1 amide bonds. The van der Waals surface area contributed by atoms with Crippen LogP contribution in [0.1, 0.15) is 10.5 Å². The predicted molar refractivity (Wildman–Crippen MR) is 96.0 cm³/mol. The number of carbonyl (C=O) groups is 1. The second kappa shape index (κ2) is 7.24. The monoisotopic (exact) mass is 370 g/mol. The number of hydrogen-bond donors (Lipinski definition) is 1. The van der Waals surface area contributed by atoms with Crippen molar-refractivity contribution in [3.8, 4) is 11.4 Å². The molecule has 3 rings (SSSR count). The summed E-state index contributed by atoms with van der Waals surface area (Å²) in [7, 11) is 2.75. The number of benzene rings is 2. The number of hydrogen-bond acceptors (Lipinski definition) is 5. The molecule has 0 saturated carbocycles. The highest BCUT2D eigenvalue weighted by atomic mass is 19.1. The highest BCUT2D eigenvalue weighted by Gasteiger charge is 2.19. The standard InChI is InChI=1S/C18H15FN4O4/c1-22-17(25)15(16(24)20-12-5-9-14(27-2)10-6-12)21-23(18(22)26)13-7-3-11(19)4-8-13/h3-10H,1-2H3,(H,20,24). The molecule has 0 aliphatic rings. The van der Waals surface area contributed by atoms with Crippen LogP contribution in [0.4, 0.5) is 10.1 Å². The maximum atomic E-state index is 13.1. The maximum absolute atomic E-state index is 13.1. The van der Waals surface area contributed by atoms with E-state index in [0.717, 1.165) is 21.4 Å². The third kappa shape index (κ3) is 3.61. The molecular formula is C18H15FN4O4. The molecule has 0 aliphatic carbocycles. The largest absolute Gasteiger partial charge is 0.497 e. The lowest BCUT2D eigenvalue weighted by Gasteiger charge is -2.10. The van der Waals surface area contributed by atoms with Crippen molar-refractivity contribution in [3.63, 3.8) is 0 Å². The normalized spacial score (nSPS) is 10.5. The zero-order valence-electron chi connectivity index (χ0n) is 14.5. The lowest BCUT2D eigenvalue weighted by Crippen LogP contribution is -2.43. The van der Waals surface area contributed by atoms with Gasteiger partial charge in [-0.1, -0.05) is 0 Å². The minimum Gasteiger partial charge on any atom is -0.497 e. The number of aromatic nitrogens is 3. The Morgan fingerprint density at radius 3 is 2.30 bits per heavy atom. The average molecular weight is 370 g/mol. The number of methoxy groups -OCH3 is 1. The maximum Gasteiger partial charge on any atom is 0.351 e. The Balaban J connectivity index is 2.01. The van der Waals surface area contributed by atoms with Crippen molar-refractivity contribution in [3.05, 3.63) is 80.9 Å². The van der Waals surface area contributed by atoms with Crippen LogP contribution in [0.5, 0.6) is 5.75 Å². The first-order valence-corrected chi connectivity index (χ1v) is 7.82. The first kappa shape index (κ1) is 18.1. The predicted octanol–water partition coefficient (Wildman–Crippen LogP) is 1.33. The molecule has 138 valence electrons. The third-order valence-corrected chi connectivity index (χ3v) is 3.81. The van der Waals surface area contributed by atoms with E-state index < -0.39 is 28.7 Å². The van der Waals surface area contributed by atoms with E-state index in [2.05, 4.69) is 10.4 Å². The van der Waals surface area contributed by atoms with E-state index >= 15 is 0 Å².